The Morgan fingerprint density at radius 1 is 1.06 bits per heavy atom. The number of rotatable bonds is 9. The van der Waals surface area contributed by atoms with Gasteiger partial charge in [-0.3, -0.25) is 14.2 Å². The molecule has 0 saturated heterocycles. The van der Waals surface area contributed by atoms with Crippen LogP contribution in [0.15, 0.2) is 65.6 Å². The summed E-state index contributed by atoms with van der Waals surface area (Å²) in [5, 5.41) is 12.3. The Labute approximate surface area is 208 Å². The van der Waals surface area contributed by atoms with Crippen LogP contribution in [0.5, 0.6) is 11.5 Å². The molecule has 0 unspecified atom stereocenters. The fourth-order valence-corrected chi connectivity index (χ4v) is 3.92. The quantitative estimate of drug-likeness (QED) is 0.389. The summed E-state index contributed by atoms with van der Waals surface area (Å²) in [6, 6.07) is 17.6. The predicted octanol–water partition coefficient (Wildman–Crippen LogP) is 2.90. The largest absolute Gasteiger partial charge is 0.493 e. The number of aromatic nitrogens is 3. The first-order chi connectivity index (χ1) is 17.5. The van der Waals surface area contributed by atoms with Crippen molar-refractivity contribution in [2.24, 2.45) is 0 Å². The summed E-state index contributed by atoms with van der Waals surface area (Å²) in [4.78, 5) is 34.7. The zero-order valence-electron chi connectivity index (χ0n) is 20.0. The molecule has 9 heteroatoms. The number of hydrogen-bond acceptors (Lipinski definition) is 7. The molecule has 0 aliphatic rings. The second kappa shape index (κ2) is 11.1. The van der Waals surface area contributed by atoms with E-state index in [9.17, 15) is 9.59 Å². The van der Waals surface area contributed by atoms with Gasteiger partial charge >= 0.3 is 0 Å². The van der Waals surface area contributed by atoms with Crippen LogP contribution in [0.25, 0.3) is 11.0 Å². The maximum Gasteiger partial charge on any atom is 0.263 e. The van der Waals surface area contributed by atoms with Crippen molar-refractivity contribution >= 4 is 16.9 Å². The van der Waals surface area contributed by atoms with E-state index in [1.54, 1.807) is 55.3 Å². The Balaban J connectivity index is 1.55. The first-order valence-electron chi connectivity index (χ1n) is 11.4. The summed E-state index contributed by atoms with van der Waals surface area (Å²) in [5.74, 6) is 1.48. The van der Waals surface area contributed by atoms with E-state index in [1.165, 1.54) is 6.07 Å². The molecule has 4 aromatic rings. The number of aryl methyl sites for hydroxylation is 1. The molecule has 0 aliphatic heterocycles. The molecule has 0 spiro atoms. The van der Waals surface area contributed by atoms with E-state index in [1.807, 2.05) is 24.3 Å². The average Bonchev–Trinajstić information content (AvgIpc) is 2.92. The van der Waals surface area contributed by atoms with E-state index < -0.39 is 0 Å². The van der Waals surface area contributed by atoms with Crippen molar-refractivity contribution in [2.75, 3.05) is 20.8 Å². The third-order valence-electron chi connectivity index (χ3n) is 5.77. The van der Waals surface area contributed by atoms with Crippen LogP contribution in [0, 0.1) is 11.3 Å². The van der Waals surface area contributed by atoms with Gasteiger partial charge < -0.3 is 14.8 Å². The van der Waals surface area contributed by atoms with Crippen molar-refractivity contribution in [3.63, 3.8) is 0 Å². The topological polar surface area (TPSA) is 119 Å². The maximum absolute atomic E-state index is 13.3. The second-order valence-corrected chi connectivity index (χ2v) is 8.00. The summed E-state index contributed by atoms with van der Waals surface area (Å²) in [6.07, 6.45) is 2.49. The van der Waals surface area contributed by atoms with E-state index in [2.05, 4.69) is 15.3 Å². The van der Waals surface area contributed by atoms with Crippen LogP contribution in [0.1, 0.15) is 27.3 Å². The van der Waals surface area contributed by atoms with Crippen molar-refractivity contribution in [1.82, 2.24) is 19.9 Å². The van der Waals surface area contributed by atoms with Gasteiger partial charge in [0, 0.05) is 31.3 Å². The molecule has 182 valence electrons. The molecule has 36 heavy (non-hydrogen) atoms. The standard InChI is InChI=1S/C27H25N5O4/c1-35-22-9-8-18(16-23(22)36-2)11-14-32-24(31-25-21(27(32)34)7-4-12-29-25)10-13-30-26(33)20-6-3-5-19(15-20)17-28/h3-9,12,15-16H,10-11,13-14H2,1-2H3,(H,30,33). The van der Waals surface area contributed by atoms with E-state index >= 15 is 0 Å². The number of benzene rings is 2. The van der Waals surface area contributed by atoms with Crippen LogP contribution in [0.2, 0.25) is 0 Å². The number of hydrogen-bond donors (Lipinski definition) is 1. The number of pyridine rings is 1. The van der Waals surface area contributed by atoms with Gasteiger partial charge in [0.15, 0.2) is 17.1 Å². The van der Waals surface area contributed by atoms with Crippen molar-refractivity contribution in [3.8, 4) is 17.6 Å². The van der Waals surface area contributed by atoms with Gasteiger partial charge in [-0.25, -0.2) is 9.97 Å². The summed E-state index contributed by atoms with van der Waals surface area (Å²) in [5.41, 5.74) is 1.97. The first-order valence-corrected chi connectivity index (χ1v) is 11.4. The summed E-state index contributed by atoms with van der Waals surface area (Å²) in [7, 11) is 3.16. The number of nitrogens with zero attached hydrogens (tertiary/aromatic N) is 4. The highest BCUT2D eigenvalue weighted by Crippen LogP contribution is 2.27. The molecule has 0 aliphatic carbocycles. The molecular weight excluding hydrogens is 458 g/mol. The summed E-state index contributed by atoms with van der Waals surface area (Å²) >= 11 is 0. The van der Waals surface area contributed by atoms with E-state index in [0.717, 1.165) is 5.56 Å². The van der Waals surface area contributed by atoms with Crippen LogP contribution in [-0.4, -0.2) is 41.2 Å². The van der Waals surface area contributed by atoms with Crippen LogP contribution in [0.4, 0.5) is 0 Å². The van der Waals surface area contributed by atoms with Gasteiger partial charge in [0.05, 0.1) is 31.2 Å². The molecule has 2 heterocycles. The molecule has 4 rings (SSSR count). The van der Waals surface area contributed by atoms with Crippen LogP contribution in [-0.2, 0) is 19.4 Å². The molecule has 1 N–H and O–H groups in total. The Bertz CT molecular complexity index is 1510. The van der Waals surface area contributed by atoms with E-state index in [0.29, 0.717) is 58.9 Å². The van der Waals surface area contributed by atoms with Gasteiger partial charge in [0.25, 0.3) is 11.5 Å². The molecule has 0 fully saturated rings. The number of nitrogens with one attached hydrogen (secondary N) is 1. The van der Waals surface area contributed by atoms with E-state index in [-0.39, 0.29) is 18.0 Å². The molecule has 2 aromatic carbocycles. The molecule has 9 nitrogen and oxygen atoms in total. The number of carbonyl (C=O) groups excluding carboxylic acids is 1. The zero-order chi connectivity index (χ0) is 25.5. The van der Waals surface area contributed by atoms with Gasteiger partial charge in [-0.2, -0.15) is 5.26 Å². The van der Waals surface area contributed by atoms with Crippen molar-refractivity contribution < 1.29 is 14.3 Å². The lowest BCUT2D eigenvalue weighted by Gasteiger charge is -2.15. The number of fused-ring (bicyclic) bond motifs is 1. The minimum atomic E-state index is -0.301. The number of amides is 1. The lowest BCUT2D eigenvalue weighted by atomic mass is 10.1. The highest BCUT2D eigenvalue weighted by atomic mass is 16.5. The van der Waals surface area contributed by atoms with Gasteiger partial charge in [-0.05, 0) is 54.4 Å². The van der Waals surface area contributed by atoms with Crippen LogP contribution >= 0.6 is 0 Å². The summed E-state index contributed by atoms with van der Waals surface area (Å²) in [6.45, 7) is 0.649. The van der Waals surface area contributed by atoms with Crippen molar-refractivity contribution in [3.05, 3.63) is 93.7 Å². The summed E-state index contributed by atoms with van der Waals surface area (Å²) < 4.78 is 12.3. The smallest absolute Gasteiger partial charge is 0.263 e. The zero-order valence-corrected chi connectivity index (χ0v) is 20.0. The van der Waals surface area contributed by atoms with Crippen molar-refractivity contribution in [1.29, 1.82) is 5.26 Å². The highest BCUT2D eigenvalue weighted by molar-refractivity contribution is 5.94. The third kappa shape index (κ3) is 5.33. The predicted molar refractivity (Wildman–Crippen MR) is 134 cm³/mol. The highest BCUT2D eigenvalue weighted by Gasteiger charge is 2.14. The Morgan fingerprint density at radius 3 is 2.67 bits per heavy atom. The van der Waals surface area contributed by atoms with Gasteiger partial charge in [0.1, 0.15) is 5.82 Å². The van der Waals surface area contributed by atoms with Crippen LogP contribution in [0.3, 0.4) is 0 Å². The molecule has 0 radical (unpaired) electrons. The minimum Gasteiger partial charge on any atom is -0.493 e. The van der Waals surface area contributed by atoms with Gasteiger partial charge in [0.2, 0.25) is 0 Å². The number of ether oxygens (including phenoxy) is 2. The number of methoxy groups -OCH3 is 2. The lowest BCUT2D eigenvalue weighted by Crippen LogP contribution is -2.31. The van der Waals surface area contributed by atoms with Gasteiger partial charge in [-0.15, -0.1) is 0 Å². The fraction of sp³-hybridized carbons (Fsp3) is 0.222. The van der Waals surface area contributed by atoms with Crippen LogP contribution < -0.4 is 20.3 Å². The monoisotopic (exact) mass is 483 g/mol. The third-order valence-corrected chi connectivity index (χ3v) is 5.77. The van der Waals surface area contributed by atoms with E-state index in [4.69, 9.17) is 14.7 Å². The maximum atomic E-state index is 13.3. The Morgan fingerprint density at radius 2 is 1.89 bits per heavy atom. The molecule has 1 amide bonds. The molecular formula is C27H25N5O4. The second-order valence-electron chi connectivity index (χ2n) is 8.00. The molecule has 0 saturated carbocycles. The lowest BCUT2D eigenvalue weighted by molar-refractivity contribution is 0.0954. The number of nitriles is 1. The van der Waals surface area contributed by atoms with Gasteiger partial charge in [-0.1, -0.05) is 12.1 Å². The minimum absolute atomic E-state index is 0.184. The van der Waals surface area contributed by atoms with Crippen molar-refractivity contribution in [2.45, 2.75) is 19.4 Å². The Hall–Kier alpha value is -4.71. The fourth-order valence-electron chi connectivity index (χ4n) is 3.92. The molecule has 0 atom stereocenters. The average molecular weight is 484 g/mol. The molecule has 2 aromatic heterocycles. The Kier molecular flexibility index (Phi) is 7.56. The SMILES string of the molecule is COc1ccc(CCn2c(CCNC(=O)c3cccc(C#N)c3)nc3ncccc3c2=O)cc1OC. The molecule has 0 bridgehead atoms. The first kappa shape index (κ1) is 24.4. The number of carbonyl (C=O) groups is 1. The normalized spacial score (nSPS) is 10.6.